The van der Waals surface area contributed by atoms with Crippen molar-refractivity contribution in [3.63, 3.8) is 0 Å². The van der Waals surface area contributed by atoms with Crippen molar-refractivity contribution in [2.45, 2.75) is 12.8 Å². The normalized spacial score (nSPS) is 17.0. The van der Waals surface area contributed by atoms with Crippen molar-refractivity contribution in [1.82, 2.24) is 0 Å². The third-order valence-corrected chi connectivity index (χ3v) is 3.58. The van der Waals surface area contributed by atoms with Gasteiger partial charge in [-0.2, -0.15) is 0 Å². The number of guanidine groups is 1. The van der Waals surface area contributed by atoms with Gasteiger partial charge in [0.25, 0.3) is 0 Å². The maximum Gasteiger partial charge on any atom is 0.193 e. The summed E-state index contributed by atoms with van der Waals surface area (Å²) in [5, 5.41) is 3.57. The van der Waals surface area contributed by atoms with E-state index in [1.54, 1.807) is 19.2 Å². The molecule has 1 aliphatic rings. The Morgan fingerprint density at radius 1 is 1.50 bits per heavy atom. The van der Waals surface area contributed by atoms with Crippen LogP contribution in [0, 0.1) is 5.92 Å². The molecule has 0 aromatic heterocycles. The van der Waals surface area contributed by atoms with E-state index < -0.39 is 0 Å². The molecule has 1 aromatic rings. The topological polar surface area (TPSA) is 68.9 Å². The molecule has 1 aliphatic heterocycles. The molecule has 0 unspecified atom stereocenters. The zero-order valence-electron chi connectivity index (χ0n) is 11.6. The summed E-state index contributed by atoms with van der Waals surface area (Å²) >= 11 is 6.05. The van der Waals surface area contributed by atoms with Crippen molar-refractivity contribution in [3.8, 4) is 5.75 Å². The van der Waals surface area contributed by atoms with Crippen molar-refractivity contribution >= 4 is 23.2 Å². The molecule has 0 aliphatic carbocycles. The summed E-state index contributed by atoms with van der Waals surface area (Å²) in [6.07, 6.45) is 2.09. The number of nitrogens with two attached hydrogens (primary N) is 1. The van der Waals surface area contributed by atoms with Crippen LogP contribution in [0.15, 0.2) is 23.2 Å². The first kappa shape index (κ1) is 14.9. The fourth-order valence-corrected chi connectivity index (χ4v) is 2.35. The van der Waals surface area contributed by atoms with E-state index in [0.29, 0.717) is 22.6 Å². The molecule has 1 fully saturated rings. The van der Waals surface area contributed by atoms with Crippen molar-refractivity contribution in [2.75, 3.05) is 32.2 Å². The van der Waals surface area contributed by atoms with E-state index in [1.165, 1.54) is 0 Å². The Morgan fingerprint density at radius 3 is 2.90 bits per heavy atom. The number of benzene rings is 1. The van der Waals surface area contributed by atoms with Gasteiger partial charge in [0.1, 0.15) is 5.75 Å². The molecule has 110 valence electrons. The Morgan fingerprint density at radius 2 is 2.25 bits per heavy atom. The average molecular weight is 298 g/mol. The van der Waals surface area contributed by atoms with Gasteiger partial charge in [0, 0.05) is 25.4 Å². The second-order valence-electron chi connectivity index (χ2n) is 4.76. The standard InChI is InChI=1S/C14H20ClN3O2/c1-19-13-3-2-11(8-12(13)15)18-14(16)17-9-10-4-6-20-7-5-10/h2-3,8,10H,4-7,9H2,1H3,(H3,16,17,18). The minimum absolute atomic E-state index is 0.401. The number of nitrogens with zero attached hydrogens (tertiary/aromatic N) is 1. The Balaban J connectivity index is 1.89. The van der Waals surface area contributed by atoms with Gasteiger partial charge in [-0.25, -0.2) is 0 Å². The lowest BCUT2D eigenvalue weighted by Crippen LogP contribution is -2.25. The van der Waals surface area contributed by atoms with Gasteiger partial charge in [-0.3, -0.25) is 4.99 Å². The summed E-state index contributed by atoms with van der Waals surface area (Å²) in [5.41, 5.74) is 6.67. The third-order valence-electron chi connectivity index (χ3n) is 3.28. The molecule has 20 heavy (non-hydrogen) atoms. The lowest BCUT2D eigenvalue weighted by Gasteiger charge is -2.20. The summed E-state index contributed by atoms with van der Waals surface area (Å²) in [7, 11) is 1.58. The van der Waals surface area contributed by atoms with Gasteiger partial charge in [0.2, 0.25) is 0 Å². The molecular weight excluding hydrogens is 278 g/mol. The Bertz CT molecular complexity index is 473. The van der Waals surface area contributed by atoms with Crippen molar-refractivity contribution < 1.29 is 9.47 Å². The predicted molar refractivity (Wildman–Crippen MR) is 81.7 cm³/mol. The van der Waals surface area contributed by atoms with Gasteiger partial charge < -0.3 is 20.5 Å². The highest BCUT2D eigenvalue weighted by Gasteiger charge is 2.13. The zero-order chi connectivity index (χ0) is 14.4. The number of nitrogens with one attached hydrogen (secondary N) is 1. The van der Waals surface area contributed by atoms with Crippen LogP contribution in [0.1, 0.15) is 12.8 Å². The highest BCUT2D eigenvalue weighted by molar-refractivity contribution is 6.32. The number of ether oxygens (including phenoxy) is 2. The van der Waals surface area contributed by atoms with Crippen LogP contribution < -0.4 is 15.8 Å². The molecule has 1 aromatic carbocycles. The van der Waals surface area contributed by atoms with Crippen LogP contribution in [0.25, 0.3) is 0 Å². The Labute approximate surface area is 124 Å². The largest absolute Gasteiger partial charge is 0.495 e. The monoisotopic (exact) mass is 297 g/mol. The molecule has 1 heterocycles. The summed E-state index contributed by atoms with van der Waals surface area (Å²) in [6, 6.07) is 5.40. The van der Waals surface area contributed by atoms with Crippen LogP contribution in [0.4, 0.5) is 5.69 Å². The number of anilines is 1. The van der Waals surface area contributed by atoms with Crippen molar-refractivity contribution in [3.05, 3.63) is 23.2 Å². The van der Waals surface area contributed by atoms with Crippen LogP contribution in [0.5, 0.6) is 5.75 Å². The SMILES string of the molecule is COc1ccc(NC(N)=NCC2CCOCC2)cc1Cl. The Hall–Kier alpha value is -1.46. The molecule has 2 rings (SSSR count). The highest BCUT2D eigenvalue weighted by Crippen LogP contribution is 2.27. The Kier molecular flexibility index (Phi) is 5.49. The number of halogens is 1. The lowest BCUT2D eigenvalue weighted by atomic mass is 10.0. The quantitative estimate of drug-likeness (QED) is 0.662. The van der Waals surface area contributed by atoms with E-state index >= 15 is 0 Å². The van der Waals surface area contributed by atoms with E-state index in [1.807, 2.05) is 6.07 Å². The summed E-state index contributed by atoms with van der Waals surface area (Å²) < 4.78 is 10.4. The van der Waals surface area contributed by atoms with Gasteiger partial charge in [0.05, 0.1) is 12.1 Å². The molecule has 0 saturated carbocycles. The van der Waals surface area contributed by atoms with Gasteiger partial charge in [-0.1, -0.05) is 11.6 Å². The first-order valence-electron chi connectivity index (χ1n) is 6.67. The minimum Gasteiger partial charge on any atom is -0.495 e. The number of methoxy groups -OCH3 is 1. The smallest absolute Gasteiger partial charge is 0.193 e. The molecule has 6 heteroatoms. The van der Waals surface area contributed by atoms with E-state index in [2.05, 4.69) is 10.3 Å². The van der Waals surface area contributed by atoms with Gasteiger partial charge in [-0.15, -0.1) is 0 Å². The maximum atomic E-state index is 6.05. The number of hydrogen-bond donors (Lipinski definition) is 2. The first-order valence-corrected chi connectivity index (χ1v) is 7.05. The maximum absolute atomic E-state index is 6.05. The number of aliphatic imine (C=N–C) groups is 1. The van der Waals surface area contributed by atoms with Gasteiger partial charge >= 0.3 is 0 Å². The molecule has 0 radical (unpaired) electrons. The van der Waals surface area contributed by atoms with Crippen LogP contribution >= 0.6 is 11.6 Å². The summed E-state index contributed by atoms with van der Waals surface area (Å²) in [6.45, 7) is 2.37. The van der Waals surface area contributed by atoms with Crippen molar-refractivity contribution in [2.24, 2.45) is 16.6 Å². The zero-order valence-corrected chi connectivity index (χ0v) is 12.3. The molecule has 3 N–H and O–H groups in total. The number of hydrogen-bond acceptors (Lipinski definition) is 3. The van der Waals surface area contributed by atoms with Crippen LogP contribution in [-0.2, 0) is 4.74 Å². The van der Waals surface area contributed by atoms with E-state index in [0.717, 1.165) is 38.3 Å². The first-order chi connectivity index (χ1) is 9.69. The van der Waals surface area contributed by atoms with Crippen LogP contribution in [-0.4, -0.2) is 32.8 Å². The minimum atomic E-state index is 0.401. The molecular formula is C14H20ClN3O2. The van der Waals surface area contributed by atoms with Gasteiger partial charge in [0.15, 0.2) is 5.96 Å². The summed E-state index contributed by atoms with van der Waals surface area (Å²) in [4.78, 5) is 4.37. The highest BCUT2D eigenvalue weighted by atomic mass is 35.5. The number of rotatable bonds is 4. The van der Waals surface area contributed by atoms with E-state index in [4.69, 9.17) is 26.8 Å². The molecule has 0 bridgehead atoms. The van der Waals surface area contributed by atoms with Gasteiger partial charge in [-0.05, 0) is 37.0 Å². The van der Waals surface area contributed by atoms with E-state index in [9.17, 15) is 0 Å². The third kappa shape index (κ3) is 4.28. The second kappa shape index (κ2) is 7.36. The van der Waals surface area contributed by atoms with Crippen LogP contribution in [0.3, 0.4) is 0 Å². The van der Waals surface area contributed by atoms with Crippen LogP contribution in [0.2, 0.25) is 5.02 Å². The summed E-state index contributed by atoms with van der Waals surface area (Å²) in [5.74, 6) is 1.59. The predicted octanol–water partition coefficient (Wildman–Crippen LogP) is 2.50. The molecule has 1 saturated heterocycles. The molecule has 5 nitrogen and oxygen atoms in total. The van der Waals surface area contributed by atoms with Crippen molar-refractivity contribution in [1.29, 1.82) is 0 Å². The fourth-order valence-electron chi connectivity index (χ4n) is 2.09. The molecule has 0 atom stereocenters. The van der Waals surface area contributed by atoms with E-state index in [-0.39, 0.29) is 0 Å². The molecule has 0 spiro atoms. The lowest BCUT2D eigenvalue weighted by molar-refractivity contribution is 0.0689. The fraction of sp³-hybridized carbons (Fsp3) is 0.500. The molecule has 0 amide bonds. The second-order valence-corrected chi connectivity index (χ2v) is 5.16. The average Bonchev–Trinajstić information content (AvgIpc) is 2.46.